The van der Waals surface area contributed by atoms with Gasteiger partial charge in [0.05, 0.1) is 23.3 Å². The van der Waals surface area contributed by atoms with E-state index in [9.17, 15) is 8.42 Å². The maximum absolute atomic E-state index is 11.5. The molecular weight excluding hydrogens is 310 g/mol. The van der Waals surface area contributed by atoms with Gasteiger partial charge in [0.1, 0.15) is 15.7 Å². The number of aryl methyl sites for hydroxylation is 2. The number of aromatic nitrogens is 2. The predicted molar refractivity (Wildman–Crippen MR) is 93.3 cm³/mol. The van der Waals surface area contributed by atoms with Gasteiger partial charge in [-0.25, -0.2) is 13.4 Å². The molecule has 0 aliphatic carbocycles. The van der Waals surface area contributed by atoms with E-state index in [1.54, 1.807) is 0 Å². The maximum atomic E-state index is 11.5. The number of benzene rings is 1. The highest BCUT2D eigenvalue weighted by Crippen LogP contribution is 2.22. The van der Waals surface area contributed by atoms with E-state index >= 15 is 0 Å². The molecule has 1 fully saturated rings. The van der Waals surface area contributed by atoms with Crippen LogP contribution in [-0.2, 0) is 16.4 Å². The van der Waals surface area contributed by atoms with Crippen molar-refractivity contribution in [1.29, 1.82) is 0 Å². The number of piperidine rings is 1. The molecule has 2 aromatic rings. The smallest absolute Gasteiger partial charge is 0.147 e. The van der Waals surface area contributed by atoms with Crippen LogP contribution in [0.1, 0.15) is 29.8 Å². The van der Waals surface area contributed by atoms with Gasteiger partial charge in [0.25, 0.3) is 0 Å². The average molecular weight is 335 g/mol. The summed E-state index contributed by atoms with van der Waals surface area (Å²) in [5.74, 6) is 1.50. The Labute approximate surface area is 138 Å². The van der Waals surface area contributed by atoms with Crippen molar-refractivity contribution in [2.24, 2.45) is 5.92 Å². The Kier molecular flexibility index (Phi) is 4.47. The summed E-state index contributed by atoms with van der Waals surface area (Å²) >= 11 is 0. The molecule has 0 spiro atoms. The van der Waals surface area contributed by atoms with Gasteiger partial charge in [0.15, 0.2) is 0 Å². The molecule has 1 saturated heterocycles. The number of rotatable bonds is 4. The number of fused-ring (bicyclic) bond motifs is 1. The molecule has 1 unspecified atom stereocenters. The Balaban J connectivity index is 1.73. The molecule has 0 bridgehead atoms. The summed E-state index contributed by atoms with van der Waals surface area (Å²) in [6.45, 7) is 6.81. The number of aromatic amines is 1. The van der Waals surface area contributed by atoms with E-state index in [2.05, 4.69) is 35.9 Å². The maximum Gasteiger partial charge on any atom is 0.147 e. The molecule has 0 radical (unpaired) electrons. The molecule has 1 aliphatic heterocycles. The fraction of sp³-hybridized carbons (Fsp3) is 0.588. The van der Waals surface area contributed by atoms with Crippen molar-refractivity contribution >= 4 is 20.9 Å². The summed E-state index contributed by atoms with van der Waals surface area (Å²) in [6, 6.07) is 4.19. The number of imidazole rings is 1. The topological polar surface area (TPSA) is 66.1 Å². The molecule has 3 rings (SSSR count). The first-order valence-corrected chi connectivity index (χ1v) is 10.2. The molecule has 1 atom stereocenters. The predicted octanol–water partition coefficient (Wildman–Crippen LogP) is 2.44. The SMILES string of the molecule is Cc1ccc2[nH]c(CN3CCCC(CS(C)(=O)=O)C3)nc2c1C. The van der Waals surface area contributed by atoms with Crippen LogP contribution in [0.2, 0.25) is 0 Å². The largest absolute Gasteiger partial charge is 0.341 e. The lowest BCUT2D eigenvalue weighted by Crippen LogP contribution is -2.37. The highest BCUT2D eigenvalue weighted by Gasteiger charge is 2.23. The molecule has 1 aromatic heterocycles. The first kappa shape index (κ1) is 16.5. The van der Waals surface area contributed by atoms with Gasteiger partial charge in [0, 0.05) is 12.8 Å². The van der Waals surface area contributed by atoms with Crippen LogP contribution < -0.4 is 0 Å². The Morgan fingerprint density at radius 2 is 2.13 bits per heavy atom. The van der Waals surface area contributed by atoms with E-state index in [1.165, 1.54) is 17.4 Å². The van der Waals surface area contributed by atoms with E-state index in [0.717, 1.165) is 49.3 Å². The zero-order valence-electron chi connectivity index (χ0n) is 14.1. The summed E-state index contributed by atoms with van der Waals surface area (Å²) in [4.78, 5) is 10.5. The number of hydrogen-bond donors (Lipinski definition) is 1. The monoisotopic (exact) mass is 335 g/mol. The molecule has 2 heterocycles. The lowest BCUT2D eigenvalue weighted by molar-refractivity contribution is 0.174. The van der Waals surface area contributed by atoms with Crippen LogP contribution >= 0.6 is 0 Å². The van der Waals surface area contributed by atoms with Gasteiger partial charge in [-0.1, -0.05) is 6.07 Å². The van der Waals surface area contributed by atoms with Crippen molar-refractivity contribution in [3.8, 4) is 0 Å². The second-order valence-corrected chi connectivity index (χ2v) is 9.11. The Morgan fingerprint density at radius 3 is 2.87 bits per heavy atom. The van der Waals surface area contributed by atoms with Crippen LogP contribution in [0.25, 0.3) is 11.0 Å². The van der Waals surface area contributed by atoms with E-state index < -0.39 is 9.84 Å². The van der Waals surface area contributed by atoms with Gasteiger partial charge in [-0.3, -0.25) is 4.90 Å². The molecule has 1 aliphatic rings. The minimum atomic E-state index is -2.90. The van der Waals surface area contributed by atoms with Crippen molar-refractivity contribution in [1.82, 2.24) is 14.9 Å². The van der Waals surface area contributed by atoms with Crippen LogP contribution in [0.15, 0.2) is 12.1 Å². The number of nitrogens with zero attached hydrogens (tertiary/aromatic N) is 2. The van der Waals surface area contributed by atoms with Gasteiger partial charge in [-0.05, 0) is 56.3 Å². The molecule has 126 valence electrons. The van der Waals surface area contributed by atoms with E-state index in [1.807, 2.05) is 0 Å². The number of H-pyrrole nitrogens is 1. The van der Waals surface area contributed by atoms with Gasteiger partial charge in [0.2, 0.25) is 0 Å². The van der Waals surface area contributed by atoms with Crippen LogP contribution in [0.4, 0.5) is 0 Å². The lowest BCUT2D eigenvalue weighted by Gasteiger charge is -2.31. The molecule has 6 heteroatoms. The van der Waals surface area contributed by atoms with Gasteiger partial charge in [-0.2, -0.15) is 0 Å². The van der Waals surface area contributed by atoms with Crippen LogP contribution in [0, 0.1) is 19.8 Å². The van der Waals surface area contributed by atoms with Crippen molar-refractivity contribution < 1.29 is 8.42 Å². The minimum Gasteiger partial charge on any atom is -0.341 e. The van der Waals surface area contributed by atoms with Crippen molar-refractivity contribution in [2.45, 2.75) is 33.2 Å². The van der Waals surface area contributed by atoms with E-state index in [0.29, 0.717) is 5.75 Å². The van der Waals surface area contributed by atoms with Crippen LogP contribution in [-0.4, -0.2) is 48.4 Å². The second-order valence-electron chi connectivity index (χ2n) is 6.92. The third-order valence-electron chi connectivity index (χ3n) is 4.74. The van der Waals surface area contributed by atoms with Gasteiger partial charge < -0.3 is 4.98 Å². The Bertz CT molecular complexity index is 811. The molecule has 1 N–H and O–H groups in total. The summed E-state index contributed by atoms with van der Waals surface area (Å²) in [5, 5.41) is 0. The fourth-order valence-electron chi connectivity index (χ4n) is 3.51. The zero-order valence-corrected chi connectivity index (χ0v) is 14.9. The zero-order chi connectivity index (χ0) is 16.6. The van der Waals surface area contributed by atoms with Gasteiger partial charge >= 0.3 is 0 Å². The molecule has 5 nitrogen and oxygen atoms in total. The number of sulfone groups is 1. The molecule has 0 amide bonds. The molecule has 0 saturated carbocycles. The van der Waals surface area contributed by atoms with Gasteiger partial charge in [-0.15, -0.1) is 0 Å². The molecule has 1 aromatic carbocycles. The quantitative estimate of drug-likeness (QED) is 0.932. The summed E-state index contributed by atoms with van der Waals surface area (Å²) in [7, 11) is -2.90. The first-order valence-electron chi connectivity index (χ1n) is 8.17. The normalized spacial score (nSPS) is 20.2. The van der Waals surface area contributed by atoms with E-state index in [-0.39, 0.29) is 5.92 Å². The average Bonchev–Trinajstić information content (AvgIpc) is 2.85. The van der Waals surface area contributed by atoms with Crippen molar-refractivity contribution in [3.63, 3.8) is 0 Å². The highest BCUT2D eigenvalue weighted by molar-refractivity contribution is 7.90. The summed E-state index contributed by atoms with van der Waals surface area (Å²) < 4.78 is 23.0. The molecule has 23 heavy (non-hydrogen) atoms. The first-order chi connectivity index (χ1) is 10.8. The van der Waals surface area contributed by atoms with E-state index in [4.69, 9.17) is 4.98 Å². The minimum absolute atomic E-state index is 0.243. The standard InChI is InChI=1S/C17H25N3O2S/c1-12-6-7-15-17(13(12)2)19-16(18-15)10-20-8-4-5-14(9-20)11-23(3,21)22/h6-7,14H,4-5,8-11H2,1-3H3,(H,18,19). The number of likely N-dealkylation sites (tertiary alicyclic amines) is 1. The van der Waals surface area contributed by atoms with Crippen molar-refractivity contribution in [2.75, 3.05) is 25.1 Å². The summed E-state index contributed by atoms with van der Waals surface area (Å²) in [5.41, 5.74) is 4.60. The number of nitrogens with one attached hydrogen (secondary N) is 1. The third-order valence-corrected chi connectivity index (χ3v) is 5.82. The molecular formula is C17H25N3O2S. The second kappa shape index (κ2) is 6.24. The fourth-order valence-corrected chi connectivity index (χ4v) is 4.64. The summed E-state index contributed by atoms with van der Waals surface area (Å²) in [6.07, 6.45) is 3.39. The highest BCUT2D eigenvalue weighted by atomic mass is 32.2. The third kappa shape index (κ3) is 3.93. The van der Waals surface area contributed by atoms with Crippen molar-refractivity contribution in [3.05, 3.63) is 29.1 Å². The van der Waals surface area contributed by atoms with Crippen LogP contribution in [0.3, 0.4) is 0 Å². The Hall–Kier alpha value is -1.40. The van der Waals surface area contributed by atoms with Crippen LogP contribution in [0.5, 0.6) is 0 Å². The lowest BCUT2D eigenvalue weighted by atomic mass is 10.0. The number of hydrogen-bond acceptors (Lipinski definition) is 4. The Morgan fingerprint density at radius 1 is 1.35 bits per heavy atom.